The predicted octanol–water partition coefficient (Wildman–Crippen LogP) is 5.37. The summed E-state index contributed by atoms with van der Waals surface area (Å²) < 4.78 is 0. The molecule has 1 saturated carbocycles. The number of hydrogen-bond acceptors (Lipinski definition) is 0. The maximum absolute atomic E-state index is 4.26. The van der Waals surface area contributed by atoms with Crippen molar-refractivity contribution in [2.75, 3.05) is 0 Å². The largest absolute Gasteiger partial charge is 0.0988 e. The molecule has 1 rings (SSSR count). The molecule has 0 bridgehead atoms. The predicted molar refractivity (Wildman–Crippen MR) is 77.9 cm³/mol. The van der Waals surface area contributed by atoms with E-state index >= 15 is 0 Å². The van der Waals surface area contributed by atoms with E-state index in [1.54, 1.807) is 0 Å². The zero-order chi connectivity index (χ0) is 12.7. The van der Waals surface area contributed by atoms with Gasteiger partial charge in [-0.15, -0.1) is 0 Å². The highest BCUT2D eigenvalue weighted by molar-refractivity contribution is 5.39. The molecule has 1 fully saturated rings. The van der Waals surface area contributed by atoms with Gasteiger partial charge in [0.1, 0.15) is 0 Å². The van der Waals surface area contributed by atoms with Gasteiger partial charge in [-0.25, -0.2) is 0 Å². The monoisotopic (exact) mass is 228 g/mol. The zero-order valence-electron chi connectivity index (χ0n) is 11.0. The summed E-state index contributed by atoms with van der Waals surface area (Å²) in [5.41, 5.74) is 2.38. The summed E-state index contributed by atoms with van der Waals surface area (Å²) in [6.07, 6.45) is 16.4. The number of rotatable bonds is 5. The van der Waals surface area contributed by atoms with Gasteiger partial charge >= 0.3 is 0 Å². The van der Waals surface area contributed by atoms with Crippen LogP contribution in [0.15, 0.2) is 61.3 Å². The van der Waals surface area contributed by atoms with Crippen molar-refractivity contribution in [3.05, 3.63) is 61.3 Å². The van der Waals surface area contributed by atoms with Crippen LogP contribution in [0.2, 0.25) is 0 Å². The molecule has 1 aliphatic carbocycles. The van der Waals surface area contributed by atoms with Gasteiger partial charge in [-0.3, -0.25) is 0 Å². The fraction of sp³-hybridized carbons (Fsp3) is 0.412. The van der Waals surface area contributed by atoms with Gasteiger partial charge in [0.2, 0.25) is 0 Å². The first-order valence-corrected chi connectivity index (χ1v) is 6.48. The molecule has 17 heavy (non-hydrogen) atoms. The zero-order valence-corrected chi connectivity index (χ0v) is 11.0. The normalized spacial score (nSPS) is 19.6. The van der Waals surface area contributed by atoms with Gasteiger partial charge in [0.05, 0.1) is 0 Å². The lowest BCUT2D eigenvalue weighted by Crippen LogP contribution is -2.26. The quantitative estimate of drug-likeness (QED) is 0.555. The minimum absolute atomic E-state index is 0.0675. The van der Waals surface area contributed by atoms with E-state index in [1.165, 1.54) is 24.8 Å². The lowest BCUT2D eigenvalue weighted by atomic mass is 9.65. The van der Waals surface area contributed by atoms with Crippen molar-refractivity contribution < 1.29 is 0 Å². The van der Waals surface area contributed by atoms with E-state index in [1.807, 2.05) is 25.2 Å². The van der Waals surface area contributed by atoms with Crippen LogP contribution in [0.5, 0.6) is 0 Å². The maximum atomic E-state index is 4.26. The fourth-order valence-electron chi connectivity index (χ4n) is 2.64. The van der Waals surface area contributed by atoms with Gasteiger partial charge in [-0.05, 0) is 30.9 Å². The minimum Gasteiger partial charge on any atom is -0.0988 e. The van der Waals surface area contributed by atoms with Crippen molar-refractivity contribution in [1.82, 2.24) is 0 Å². The molecule has 0 spiro atoms. The Morgan fingerprint density at radius 1 is 1.00 bits per heavy atom. The van der Waals surface area contributed by atoms with Crippen LogP contribution in [0.1, 0.15) is 39.0 Å². The van der Waals surface area contributed by atoms with Crippen molar-refractivity contribution in [2.45, 2.75) is 39.0 Å². The Balaban J connectivity index is 2.93. The number of hydrogen-bond donors (Lipinski definition) is 0. The fourth-order valence-corrected chi connectivity index (χ4v) is 2.64. The molecule has 0 radical (unpaired) electrons. The van der Waals surface area contributed by atoms with Crippen LogP contribution < -0.4 is 0 Å². The Morgan fingerprint density at radius 3 is 2.18 bits per heavy atom. The van der Waals surface area contributed by atoms with E-state index in [4.69, 9.17) is 0 Å². The second-order valence-corrected chi connectivity index (χ2v) is 4.78. The van der Waals surface area contributed by atoms with Crippen molar-refractivity contribution in [3.8, 4) is 0 Å². The highest BCUT2D eigenvalue weighted by Gasteiger charge is 2.34. The molecule has 0 aliphatic heterocycles. The lowest BCUT2D eigenvalue weighted by Gasteiger charge is -2.39. The Labute approximate surface area is 106 Å². The molecule has 0 atom stereocenters. The molecule has 0 nitrogen and oxygen atoms in total. The van der Waals surface area contributed by atoms with Crippen LogP contribution >= 0.6 is 0 Å². The van der Waals surface area contributed by atoms with Crippen molar-refractivity contribution in [2.24, 2.45) is 5.41 Å². The average molecular weight is 228 g/mol. The van der Waals surface area contributed by atoms with Gasteiger partial charge in [0.25, 0.3) is 0 Å². The van der Waals surface area contributed by atoms with Crippen molar-refractivity contribution in [3.63, 3.8) is 0 Å². The van der Waals surface area contributed by atoms with Crippen molar-refractivity contribution in [1.29, 1.82) is 0 Å². The van der Waals surface area contributed by atoms with Crippen LogP contribution in [0.25, 0.3) is 0 Å². The Kier molecular flexibility index (Phi) is 5.21. The Hall–Kier alpha value is -1.30. The standard InChI is InChI=1S/C17H24/c1-5-7-9-12-16(4)17(15(3)6-2)13-10-8-11-14-17/h5-7,9,12H,2-4,8,10-11,13-14H2,1H3/b7-5-,12-9-. The van der Waals surface area contributed by atoms with Crippen LogP contribution in [-0.2, 0) is 0 Å². The maximum Gasteiger partial charge on any atom is 0.0191 e. The first-order chi connectivity index (χ1) is 8.17. The molecule has 0 heteroatoms. The van der Waals surface area contributed by atoms with Gasteiger partial charge in [-0.1, -0.05) is 69.4 Å². The first kappa shape index (κ1) is 13.8. The second kappa shape index (κ2) is 6.44. The molecule has 0 amide bonds. The molecule has 0 saturated heterocycles. The Morgan fingerprint density at radius 2 is 1.65 bits per heavy atom. The lowest BCUT2D eigenvalue weighted by molar-refractivity contribution is 0.302. The molecule has 0 aromatic rings. The van der Waals surface area contributed by atoms with E-state index in [0.29, 0.717) is 0 Å². The highest BCUT2D eigenvalue weighted by Crippen LogP contribution is 2.47. The molecular formula is C17H24. The van der Waals surface area contributed by atoms with Crippen LogP contribution in [0.4, 0.5) is 0 Å². The molecule has 0 aromatic heterocycles. The van der Waals surface area contributed by atoms with E-state index in [9.17, 15) is 0 Å². The molecule has 0 N–H and O–H groups in total. The third kappa shape index (κ3) is 3.09. The van der Waals surface area contributed by atoms with Gasteiger partial charge in [0, 0.05) is 5.41 Å². The first-order valence-electron chi connectivity index (χ1n) is 6.48. The van der Waals surface area contributed by atoms with E-state index in [2.05, 4.69) is 31.9 Å². The van der Waals surface area contributed by atoms with Gasteiger partial charge in [-0.2, -0.15) is 0 Å². The van der Waals surface area contributed by atoms with Gasteiger partial charge in [0.15, 0.2) is 0 Å². The highest BCUT2D eigenvalue weighted by atomic mass is 14.4. The van der Waals surface area contributed by atoms with Gasteiger partial charge < -0.3 is 0 Å². The molecule has 1 aliphatic rings. The van der Waals surface area contributed by atoms with E-state index in [-0.39, 0.29) is 5.41 Å². The summed E-state index contributed by atoms with van der Waals surface area (Å²) in [7, 11) is 0. The number of allylic oxidation sites excluding steroid dienone is 7. The summed E-state index contributed by atoms with van der Waals surface area (Å²) in [5, 5.41) is 0. The summed E-state index contributed by atoms with van der Waals surface area (Å²) in [4.78, 5) is 0. The van der Waals surface area contributed by atoms with Crippen molar-refractivity contribution >= 4 is 0 Å². The summed E-state index contributed by atoms with van der Waals surface area (Å²) >= 11 is 0. The van der Waals surface area contributed by atoms with Crippen LogP contribution in [0.3, 0.4) is 0 Å². The molecule has 0 heterocycles. The summed E-state index contributed by atoms with van der Waals surface area (Å²) in [6, 6.07) is 0. The molecule has 92 valence electrons. The molecule has 0 aromatic carbocycles. The smallest absolute Gasteiger partial charge is 0.0191 e. The second-order valence-electron chi connectivity index (χ2n) is 4.78. The third-order valence-electron chi connectivity index (χ3n) is 3.78. The SMILES string of the molecule is C=CC(=C)C1(C(=C)/C=C\C=C/C)CCCCC1. The summed E-state index contributed by atoms with van der Waals surface area (Å²) in [5.74, 6) is 0. The molecule has 0 unspecified atom stereocenters. The average Bonchev–Trinajstić information content (AvgIpc) is 2.38. The van der Waals surface area contributed by atoms with Crippen LogP contribution in [-0.4, -0.2) is 0 Å². The third-order valence-corrected chi connectivity index (χ3v) is 3.78. The van der Waals surface area contributed by atoms with E-state index in [0.717, 1.165) is 18.4 Å². The minimum atomic E-state index is 0.0675. The molecular weight excluding hydrogens is 204 g/mol. The Bertz CT molecular complexity index is 346. The van der Waals surface area contributed by atoms with Crippen LogP contribution in [0, 0.1) is 5.41 Å². The summed E-state index contributed by atoms with van der Waals surface area (Å²) in [6.45, 7) is 14.4. The topological polar surface area (TPSA) is 0 Å². The van der Waals surface area contributed by atoms with E-state index < -0.39 is 0 Å².